The quantitative estimate of drug-likeness (QED) is 0.517. The Hall–Kier alpha value is -3.72. The molecule has 0 spiro atoms. The third kappa shape index (κ3) is 4.51. The van der Waals surface area contributed by atoms with E-state index < -0.39 is 11.9 Å². The summed E-state index contributed by atoms with van der Waals surface area (Å²) in [6, 6.07) is 10.5. The number of aromatic nitrogens is 1. The van der Waals surface area contributed by atoms with Crippen molar-refractivity contribution in [1.82, 2.24) is 9.47 Å². The van der Waals surface area contributed by atoms with Crippen molar-refractivity contribution in [3.63, 3.8) is 0 Å². The van der Waals surface area contributed by atoms with Crippen LogP contribution >= 0.6 is 0 Å². The van der Waals surface area contributed by atoms with Crippen molar-refractivity contribution in [1.29, 1.82) is 0 Å². The zero-order chi connectivity index (χ0) is 24.2. The Morgan fingerprint density at radius 1 is 1.03 bits per heavy atom. The Balaban J connectivity index is 1.53. The van der Waals surface area contributed by atoms with Gasteiger partial charge >= 0.3 is 0 Å². The molecule has 1 aliphatic heterocycles. The van der Waals surface area contributed by atoms with Crippen molar-refractivity contribution in [3.05, 3.63) is 53.7 Å². The Labute approximate surface area is 197 Å². The number of carbonyl (C=O) groups excluding carboxylic acids is 2. The van der Waals surface area contributed by atoms with Gasteiger partial charge in [-0.05, 0) is 41.5 Å². The highest BCUT2D eigenvalue weighted by Crippen LogP contribution is 2.35. The number of amides is 2. The maximum absolute atomic E-state index is 13.2. The van der Waals surface area contributed by atoms with Crippen LogP contribution in [0.4, 0.5) is 0 Å². The molecule has 9 nitrogen and oxygen atoms in total. The minimum atomic E-state index is -0.771. The average molecular weight is 468 g/mol. The molecule has 0 fully saturated rings. The second kappa shape index (κ2) is 10.0. The molecule has 0 radical (unpaired) electrons. The van der Waals surface area contributed by atoms with Crippen LogP contribution in [0.3, 0.4) is 0 Å². The number of nitrogens with zero attached hydrogens (tertiary/aromatic N) is 2. The lowest BCUT2D eigenvalue weighted by molar-refractivity contribution is -0.142. The van der Waals surface area contributed by atoms with Gasteiger partial charge in [-0.2, -0.15) is 0 Å². The second-order valence-electron chi connectivity index (χ2n) is 8.10. The maximum Gasteiger partial charge on any atom is 0.261 e. The minimum absolute atomic E-state index is 0.214. The first-order chi connectivity index (χ1) is 16.5. The first-order valence-corrected chi connectivity index (χ1v) is 11.0. The number of hydrogen-bond acceptors (Lipinski definition) is 6. The van der Waals surface area contributed by atoms with E-state index in [2.05, 4.69) is 4.57 Å². The molecule has 4 rings (SSSR count). The molecule has 9 heteroatoms. The lowest BCUT2D eigenvalue weighted by atomic mass is 9.92. The number of hydrogen-bond donors (Lipinski definition) is 1. The molecule has 1 aromatic heterocycles. The number of nitrogens with two attached hydrogens (primary N) is 1. The van der Waals surface area contributed by atoms with Gasteiger partial charge in [0.1, 0.15) is 11.8 Å². The van der Waals surface area contributed by atoms with Crippen molar-refractivity contribution in [3.8, 4) is 17.2 Å². The standard InChI is InChI=1S/C25H29N3O6/c1-31-10-9-27-8-7-18-19(27)5-4-6-21(18)34-15-24(29)28-14-17-13-23(33-3)22(32-2)12-16(17)11-20(28)25(26)30/h4-8,12-13,20H,9-11,14-15H2,1-3H3,(H2,26,30)/t20-/m0/s1. The van der Waals surface area contributed by atoms with Gasteiger partial charge in [0.2, 0.25) is 5.91 Å². The summed E-state index contributed by atoms with van der Waals surface area (Å²) in [4.78, 5) is 26.9. The van der Waals surface area contributed by atoms with E-state index in [1.165, 1.54) is 4.90 Å². The SMILES string of the molecule is COCCn1ccc2c(OCC(=O)N3Cc4cc(OC)c(OC)cc4C[C@H]3C(N)=O)cccc21. The molecular weight excluding hydrogens is 438 g/mol. The number of rotatable bonds is 9. The normalized spacial score (nSPS) is 15.1. The molecule has 3 aromatic rings. The Bertz CT molecular complexity index is 1200. The van der Waals surface area contributed by atoms with Crippen LogP contribution in [-0.4, -0.2) is 61.9 Å². The van der Waals surface area contributed by atoms with Crippen LogP contribution in [0.1, 0.15) is 11.1 Å². The summed E-state index contributed by atoms with van der Waals surface area (Å²) in [5.74, 6) is 0.845. The number of carbonyl (C=O) groups is 2. The zero-order valence-corrected chi connectivity index (χ0v) is 19.6. The molecule has 0 saturated carbocycles. The molecule has 0 saturated heterocycles. The summed E-state index contributed by atoms with van der Waals surface area (Å²) in [6.45, 7) is 1.32. The molecule has 2 aromatic carbocycles. The van der Waals surface area contributed by atoms with Gasteiger partial charge < -0.3 is 34.1 Å². The Kier molecular flexibility index (Phi) is 6.93. The van der Waals surface area contributed by atoms with Gasteiger partial charge in [0.15, 0.2) is 18.1 Å². The third-order valence-electron chi connectivity index (χ3n) is 6.15. The van der Waals surface area contributed by atoms with Crippen molar-refractivity contribution >= 4 is 22.7 Å². The van der Waals surface area contributed by atoms with E-state index in [0.717, 1.165) is 22.0 Å². The summed E-state index contributed by atoms with van der Waals surface area (Å²) >= 11 is 0. The van der Waals surface area contributed by atoms with Crippen LogP contribution in [0.15, 0.2) is 42.6 Å². The lowest BCUT2D eigenvalue weighted by Crippen LogP contribution is -2.52. The van der Waals surface area contributed by atoms with E-state index in [0.29, 0.717) is 36.8 Å². The van der Waals surface area contributed by atoms with E-state index in [1.54, 1.807) is 21.3 Å². The van der Waals surface area contributed by atoms with Gasteiger partial charge in [-0.25, -0.2) is 0 Å². The molecule has 0 unspecified atom stereocenters. The minimum Gasteiger partial charge on any atom is -0.493 e. The number of benzene rings is 2. The Morgan fingerprint density at radius 2 is 1.76 bits per heavy atom. The smallest absolute Gasteiger partial charge is 0.261 e. The highest BCUT2D eigenvalue weighted by atomic mass is 16.5. The van der Waals surface area contributed by atoms with Gasteiger partial charge in [0.05, 0.1) is 26.3 Å². The van der Waals surface area contributed by atoms with E-state index in [4.69, 9.17) is 24.7 Å². The first-order valence-electron chi connectivity index (χ1n) is 11.0. The molecule has 2 amide bonds. The lowest BCUT2D eigenvalue weighted by Gasteiger charge is -2.35. The topological polar surface area (TPSA) is 105 Å². The van der Waals surface area contributed by atoms with Crippen LogP contribution in [0.5, 0.6) is 17.2 Å². The molecule has 2 N–H and O–H groups in total. The maximum atomic E-state index is 13.2. The van der Waals surface area contributed by atoms with Crippen LogP contribution < -0.4 is 19.9 Å². The van der Waals surface area contributed by atoms with E-state index in [9.17, 15) is 9.59 Å². The molecule has 180 valence electrons. The van der Waals surface area contributed by atoms with Gasteiger partial charge in [0, 0.05) is 38.2 Å². The number of primary amides is 1. The molecular formula is C25H29N3O6. The fraction of sp³-hybridized carbons (Fsp3) is 0.360. The van der Waals surface area contributed by atoms with Crippen LogP contribution in [-0.2, 0) is 33.8 Å². The Morgan fingerprint density at radius 3 is 2.44 bits per heavy atom. The van der Waals surface area contributed by atoms with Crippen molar-refractivity contribution in [2.45, 2.75) is 25.6 Å². The number of ether oxygens (including phenoxy) is 4. The first kappa shape index (κ1) is 23.4. The highest BCUT2D eigenvalue weighted by Gasteiger charge is 2.34. The van der Waals surface area contributed by atoms with E-state index in [1.807, 2.05) is 42.6 Å². The molecule has 1 aliphatic rings. The van der Waals surface area contributed by atoms with Crippen molar-refractivity contribution in [2.24, 2.45) is 5.73 Å². The summed E-state index contributed by atoms with van der Waals surface area (Å²) in [6.07, 6.45) is 2.26. The summed E-state index contributed by atoms with van der Waals surface area (Å²) in [7, 11) is 4.77. The molecule has 34 heavy (non-hydrogen) atoms. The van der Waals surface area contributed by atoms with Gasteiger partial charge in [-0.3, -0.25) is 9.59 Å². The fourth-order valence-electron chi connectivity index (χ4n) is 4.36. The van der Waals surface area contributed by atoms with E-state index >= 15 is 0 Å². The second-order valence-corrected chi connectivity index (χ2v) is 8.10. The van der Waals surface area contributed by atoms with Crippen LogP contribution in [0.2, 0.25) is 0 Å². The predicted octanol–water partition coefficient (Wildman–Crippen LogP) is 2.12. The molecule has 0 bridgehead atoms. The third-order valence-corrected chi connectivity index (χ3v) is 6.15. The zero-order valence-electron chi connectivity index (χ0n) is 19.6. The van der Waals surface area contributed by atoms with Crippen molar-refractivity contribution in [2.75, 3.05) is 34.5 Å². The van der Waals surface area contributed by atoms with Gasteiger partial charge in [-0.15, -0.1) is 0 Å². The van der Waals surface area contributed by atoms with Gasteiger partial charge in [0.25, 0.3) is 5.91 Å². The molecule has 1 atom stereocenters. The van der Waals surface area contributed by atoms with Crippen molar-refractivity contribution < 1.29 is 28.5 Å². The number of fused-ring (bicyclic) bond motifs is 2. The highest BCUT2D eigenvalue weighted by molar-refractivity contribution is 5.89. The molecule has 0 aliphatic carbocycles. The summed E-state index contributed by atoms with van der Waals surface area (Å²) in [5.41, 5.74) is 8.42. The summed E-state index contributed by atoms with van der Waals surface area (Å²) in [5, 5.41) is 0.902. The fourth-order valence-corrected chi connectivity index (χ4v) is 4.36. The monoisotopic (exact) mass is 467 g/mol. The van der Waals surface area contributed by atoms with Crippen LogP contribution in [0.25, 0.3) is 10.9 Å². The average Bonchev–Trinajstić information content (AvgIpc) is 3.27. The number of methoxy groups -OCH3 is 3. The largest absolute Gasteiger partial charge is 0.493 e. The predicted molar refractivity (Wildman–Crippen MR) is 126 cm³/mol. The van der Waals surface area contributed by atoms with Crippen LogP contribution in [0, 0.1) is 0 Å². The van der Waals surface area contributed by atoms with E-state index in [-0.39, 0.29) is 19.1 Å². The molecule has 2 heterocycles. The van der Waals surface area contributed by atoms with Gasteiger partial charge in [-0.1, -0.05) is 6.07 Å². The summed E-state index contributed by atoms with van der Waals surface area (Å²) < 4.78 is 23.9.